The standard InChI is InChI=1S/C12H6Cl3FO/c13-8-2-1-6(3-9(8)14)7-4-10(15)11(16)5-12(7)17/h1-5,17H. The third-order valence-electron chi connectivity index (χ3n) is 2.27. The summed E-state index contributed by atoms with van der Waals surface area (Å²) in [7, 11) is 0. The summed E-state index contributed by atoms with van der Waals surface area (Å²) in [6.07, 6.45) is 0. The number of hydrogen-bond donors (Lipinski definition) is 1. The average Bonchev–Trinajstić information content (AvgIpc) is 2.27. The lowest BCUT2D eigenvalue weighted by atomic mass is 10.0. The van der Waals surface area contributed by atoms with Gasteiger partial charge in [0.2, 0.25) is 0 Å². The molecule has 0 aliphatic carbocycles. The van der Waals surface area contributed by atoms with Crippen LogP contribution in [0.15, 0.2) is 30.3 Å². The highest BCUT2D eigenvalue weighted by Crippen LogP contribution is 2.36. The van der Waals surface area contributed by atoms with Gasteiger partial charge in [0.1, 0.15) is 11.6 Å². The van der Waals surface area contributed by atoms with Crippen LogP contribution in [-0.2, 0) is 0 Å². The largest absolute Gasteiger partial charge is 0.507 e. The van der Waals surface area contributed by atoms with E-state index in [4.69, 9.17) is 34.8 Å². The normalized spacial score (nSPS) is 10.6. The maximum atomic E-state index is 13.1. The minimum atomic E-state index is -0.673. The molecule has 0 saturated heterocycles. The van der Waals surface area contributed by atoms with E-state index in [1.807, 2.05) is 0 Å². The number of halogens is 4. The number of hydrogen-bond acceptors (Lipinski definition) is 1. The van der Waals surface area contributed by atoms with Gasteiger partial charge in [-0.25, -0.2) is 4.39 Å². The molecule has 0 fully saturated rings. The molecular formula is C12H6Cl3FO. The second-order valence-electron chi connectivity index (χ2n) is 3.41. The molecule has 0 spiro atoms. The Kier molecular flexibility index (Phi) is 3.48. The molecule has 0 aliphatic heterocycles. The minimum Gasteiger partial charge on any atom is -0.507 e. The van der Waals surface area contributed by atoms with Crippen molar-refractivity contribution >= 4 is 34.8 Å². The fourth-order valence-electron chi connectivity index (χ4n) is 1.43. The van der Waals surface area contributed by atoms with E-state index in [1.165, 1.54) is 6.07 Å². The Bertz CT molecular complexity index is 584. The van der Waals surface area contributed by atoms with Crippen molar-refractivity contribution in [3.05, 3.63) is 51.2 Å². The Labute approximate surface area is 112 Å². The van der Waals surface area contributed by atoms with Crippen LogP contribution in [0, 0.1) is 5.82 Å². The van der Waals surface area contributed by atoms with Crippen molar-refractivity contribution in [2.45, 2.75) is 0 Å². The van der Waals surface area contributed by atoms with E-state index in [-0.39, 0.29) is 10.8 Å². The van der Waals surface area contributed by atoms with E-state index in [9.17, 15) is 9.50 Å². The third-order valence-corrected chi connectivity index (χ3v) is 3.30. The first kappa shape index (κ1) is 12.5. The first-order valence-electron chi connectivity index (χ1n) is 4.62. The molecule has 2 aromatic rings. The topological polar surface area (TPSA) is 20.2 Å². The van der Waals surface area contributed by atoms with Gasteiger partial charge >= 0.3 is 0 Å². The van der Waals surface area contributed by atoms with Gasteiger partial charge in [-0.2, -0.15) is 0 Å². The van der Waals surface area contributed by atoms with Crippen molar-refractivity contribution < 1.29 is 9.50 Å². The SMILES string of the molecule is Oc1cc(F)c(Cl)cc1-c1ccc(Cl)c(Cl)c1. The molecule has 5 heteroatoms. The van der Waals surface area contributed by atoms with Crippen LogP contribution >= 0.6 is 34.8 Å². The first-order valence-corrected chi connectivity index (χ1v) is 5.76. The van der Waals surface area contributed by atoms with Crippen molar-refractivity contribution in [2.75, 3.05) is 0 Å². The van der Waals surface area contributed by atoms with E-state index in [2.05, 4.69) is 0 Å². The summed E-state index contributed by atoms with van der Waals surface area (Å²) in [5.74, 6) is -0.877. The van der Waals surface area contributed by atoms with Crippen molar-refractivity contribution in [3.63, 3.8) is 0 Å². The van der Waals surface area contributed by atoms with Crippen LogP contribution < -0.4 is 0 Å². The summed E-state index contributed by atoms with van der Waals surface area (Å²) in [6, 6.07) is 7.13. The Morgan fingerprint density at radius 2 is 1.59 bits per heavy atom. The summed E-state index contributed by atoms with van der Waals surface area (Å²) < 4.78 is 13.1. The molecule has 0 atom stereocenters. The van der Waals surface area contributed by atoms with Crippen LogP contribution in [0.3, 0.4) is 0 Å². The smallest absolute Gasteiger partial charge is 0.145 e. The van der Waals surface area contributed by atoms with Crippen molar-refractivity contribution in [1.82, 2.24) is 0 Å². The molecule has 0 aromatic heterocycles. The summed E-state index contributed by atoms with van der Waals surface area (Å²) in [6.45, 7) is 0. The second-order valence-corrected chi connectivity index (χ2v) is 4.63. The van der Waals surface area contributed by atoms with Crippen LogP contribution in [0.1, 0.15) is 0 Å². The first-order chi connectivity index (χ1) is 7.99. The van der Waals surface area contributed by atoms with Gasteiger partial charge in [-0.1, -0.05) is 40.9 Å². The maximum absolute atomic E-state index is 13.1. The molecule has 0 amide bonds. The zero-order valence-corrected chi connectivity index (χ0v) is 10.6. The van der Waals surface area contributed by atoms with E-state index >= 15 is 0 Å². The fraction of sp³-hybridized carbons (Fsp3) is 0. The van der Waals surface area contributed by atoms with Gasteiger partial charge in [-0.05, 0) is 23.8 Å². The van der Waals surface area contributed by atoms with Gasteiger partial charge in [0, 0.05) is 11.6 Å². The molecule has 0 bridgehead atoms. The lowest BCUT2D eigenvalue weighted by Gasteiger charge is -2.07. The molecule has 2 rings (SSSR count). The second kappa shape index (κ2) is 4.73. The predicted molar refractivity (Wildman–Crippen MR) is 68.5 cm³/mol. The van der Waals surface area contributed by atoms with Gasteiger partial charge in [-0.3, -0.25) is 0 Å². The van der Waals surface area contributed by atoms with Crippen molar-refractivity contribution in [2.24, 2.45) is 0 Å². The molecule has 0 unspecified atom stereocenters. The number of rotatable bonds is 1. The fourth-order valence-corrected chi connectivity index (χ4v) is 1.89. The van der Waals surface area contributed by atoms with Gasteiger partial charge in [0.15, 0.2) is 0 Å². The van der Waals surface area contributed by atoms with Crippen molar-refractivity contribution in [1.29, 1.82) is 0 Å². The summed E-state index contributed by atoms with van der Waals surface area (Å²) in [4.78, 5) is 0. The van der Waals surface area contributed by atoms with Crippen LogP contribution in [0.25, 0.3) is 11.1 Å². The molecule has 17 heavy (non-hydrogen) atoms. The Balaban J connectivity index is 2.60. The zero-order valence-electron chi connectivity index (χ0n) is 8.35. The summed E-state index contributed by atoms with van der Waals surface area (Å²) in [5.41, 5.74) is 1.01. The quantitative estimate of drug-likeness (QED) is 0.769. The average molecular weight is 292 g/mol. The lowest BCUT2D eigenvalue weighted by Crippen LogP contribution is -1.84. The van der Waals surface area contributed by atoms with Crippen LogP contribution in [-0.4, -0.2) is 5.11 Å². The highest BCUT2D eigenvalue weighted by molar-refractivity contribution is 6.42. The van der Waals surface area contributed by atoms with Crippen LogP contribution in [0.2, 0.25) is 15.1 Å². The monoisotopic (exact) mass is 290 g/mol. The number of phenolic OH excluding ortho intramolecular Hbond substituents is 1. The highest BCUT2D eigenvalue weighted by atomic mass is 35.5. The van der Waals surface area contributed by atoms with Gasteiger partial charge in [-0.15, -0.1) is 0 Å². The number of benzene rings is 2. The molecule has 1 nitrogen and oxygen atoms in total. The molecule has 2 aromatic carbocycles. The van der Waals surface area contributed by atoms with E-state index < -0.39 is 5.82 Å². The lowest BCUT2D eigenvalue weighted by molar-refractivity contribution is 0.471. The summed E-state index contributed by atoms with van der Waals surface area (Å²) >= 11 is 17.3. The van der Waals surface area contributed by atoms with Crippen molar-refractivity contribution in [3.8, 4) is 16.9 Å². The van der Waals surface area contributed by atoms with E-state index in [0.717, 1.165) is 6.07 Å². The summed E-state index contributed by atoms with van der Waals surface area (Å²) in [5, 5.41) is 10.3. The van der Waals surface area contributed by atoms with E-state index in [1.54, 1.807) is 18.2 Å². The van der Waals surface area contributed by atoms with Gasteiger partial charge < -0.3 is 5.11 Å². The molecule has 0 heterocycles. The Morgan fingerprint density at radius 3 is 2.24 bits per heavy atom. The van der Waals surface area contributed by atoms with Crippen LogP contribution in [0.5, 0.6) is 5.75 Å². The van der Waals surface area contributed by atoms with Gasteiger partial charge in [0.25, 0.3) is 0 Å². The molecule has 1 N–H and O–H groups in total. The number of aromatic hydroxyl groups is 1. The van der Waals surface area contributed by atoms with E-state index in [0.29, 0.717) is 21.2 Å². The molecular weight excluding hydrogens is 285 g/mol. The number of phenols is 1. The molecule has 0 aliphatic rings. The van der Waals surface area contributed by atoms with Crippen LogP contribution in [0.4, 0.5) is 4.39 Å². The van der Waals surface area contributed by atoms with Gasteiger partial charge in [0.05, 0.1) is 15.1 Å². The molecule has 88 valence electrons. The minimum absolute atomic E-state index is 0.0659. The maximum Gasteiger partial charge on any atom is 0.145 e. The molecule has 0 radical (unpaired) electrons. The third kappa shape index (κ3) is 2.49. The highest BCUT2D eigenvalue weighted by Gasteiger charge is 2.10. The predicted octanol–water partition coefficient (Wildman–Crippen LogP) is 5.16. The molecule has 0 saturated carbocycles. The zero-order chi connectivity index (χ0) is 12.6. The Morgan fingerprint density at radius 1 is 0.882 bits per heavy atom. The Hall–Kier alpha value is -0.960.